The number of alkyl halides is 1. The van der Waals surface area contributed by atoms with Gasteiger partial charge in [0.05, 0.1) is 30.4 Å². The highest BCUT2D eigenvalue weighted by Gasteiger charge is 2.46. The highest BCUT2D eigenvalue weighted by molar-refractivity contribution is 14.1. The molecule has 0 aromatic heterocycles. The number of ether oxygens (including phenoxy) is 4. The van der Waals surface area contributed by atoms with E-state index in [1.807, 2.05) is 91.0 Å². The van der Waals surface area contributed by atoms with Crippen LogP contribution in [-0.4, -0.2) is 41.0 Å². The number of benzene rings is 3. The summed E-state index contributed by atoms with van der Waals surface area (Å²) in [7, 11) is 0. The molecule has 1 aliphatic heterocycles. The Kier molecular flexibility index (Phi) is 10.3. The van der Waals surface area contributed by atoms with Crippen molar-refractivity contribution >= 4 is 28.5 Å². The van der Waals surface area contributed by atoms with E-state index in [0.29, 0.717) is 26.4 Å². The Bertz CT molecular complexity index is 1050. The molecule has 4 rings (SSSR count). The van der Waals surface area contributed by atoms with Crippen LogP contribution in [0.15, 0.2) is 91.0 Å². The Balaban J connectivity index is 1.52. The first-order chi connectivity index (χ1) is 17.6. The lowest BCUT2D eigenvalue weighted by molar-refractivity contribution is -0.219. The Morgan fingerprint density at radius 2 is 1.25 bits per heavy atom. The number of hydrogen-bond acceptors (Lipinski definition) is 5. The van der Waals surface area contributed by atoms with E-state index in [4.69, 9.17) is 18.9 Å². The molecule has 0 bridgehead atoms. The molecule has 1 fully saturated rings. The topological polar surface area (TPSA) is 66.0 Å². The summed E-state index contributed by atoms with van der Waals surface area (Å²) in [5.74, 6) is -0.156. The maximum atomic E-state index is 11.9. The first-order valence-corrected chi connectivity index (χ1v) is 13.3. The first-order valence-electron chi connectivity index (χ1n) is 12.1. The molecule has 7 heteroatoms. The number of carbonyl (C=O) groups is 1. The van der Waals surface area contributed by atoms with Gasteiger partial charge in [-0.05, 0) is 16.7 Å². The van der Waals surface area contributed by atoms with Crippen molar-refractivity contribution in [2.75, 3.05) is 6.61 Å². The standard InChI is InChI=1S/C29H32INO5/c1-21(32)31-29-26(30)28(35-19-24-15-9-4-10-16-24)27(34-18-23-13-7-3-8-14-23)25(36-29)20-33-17-22-11-5-2-6-12-22/h2-16,25-29H,17-20H2,1H3,(H,31,32)/t25-,26-,27-,28-,29-/m1/s1. The first kappa shape index (κ1) is 26.8. The Hall–Kier alpha value is -2.30. The van der Waals surface area contributed by atoms with E-state index < -0.39 is 18.4 Å². The summed E-state index contributed by atoms with van der Waals surface area (Å²) in [6, 6.07) is 30.1. The van der Waals surface area contributed by atoms with Crippen molar-refractivity contribution in [1.82, 2.24) is 5.32 Å². The highest BCUT2D eigenvalue weighted by atomic mass is 127. The Morgan fingerprint density at radius 1 is 0.778 bits per heavy atom. The molecule has 0 saturated carbocycles. The van der Waals surface area contributed by atoms with Crippen LogP contribution >= 0.6 is 22.6 Å². The van der Waals surface area contributed by atoms with Crippen LogP contribution in [0.2, 0.25) is 0 Å². The average Bonchev–Trinajstić information content (AvgIpc) is 2.90. The second-order valence-corrected chi connectivity index (χ2v) is 10.2. The van der Waals surface area contributed by atoms with E-state index >= 15 is 0 Å². The fourth-order valence-corrected chi connectivity index (χ4v) is 5.11. The van der Waals surface area contributed by atoms with Gasteiger partial charge in [-0.25, -0.2) is 0 Å². The summed E-state index contributed by atoms with van der Waals surface area (Å²) in [5.41, 5.74) is 3.22. The molecule has 0 spiro atoms. The molecular weight excluding hydrogens is 569 g/mol. The van der Waals surface area contributed by atoms with Gasteiger partial charge in [0.15, 0.2) is 0 Å². The van der Waals surface area contributed by atoms with E-state index in [-0.39, 0.29) is 15.9 Å². The molecule has 0 unspecified atom stereocenters. The van der Waals surface area contributed by atoms with Crippen LogP contribution in [0.25, 0.3) is 0 Å². The van der Waals surface area contributed by atoms with Crippen LogP contribution in [-0.2, 0) is 43.6 Å². The van der Waals surface area contributed by atoms with Crippen molar-refractivity contribution in [3.05, 3.63) is 108 Å². The van der Waals surface area contributed by atoms with Crippen molar-refractivity contribution in [2.45, 2.75) is 55.2 Å². The summed E-state index contributed by atoms with van der Waals surface area (Å²) in [5, 5.41) is 2.93. The minimum atomic E-state index is -0.522. The van der Waals surface area contributed by atoms with Gasteiger partial charge < -0.3 is 24.3 Å². The minimum Gasteiger partial charge on any atom is -0.374 e. The fraction of sp³-hybridized carbons (Fsp3) is 0.345. The van der Waals surface area contributed by atoms with Crippen molar-refractivity contribution in [1.29, 1.82) is 0 Å². The molecular formula is C29H32INO5. The van der Waals surface area contributed by atoms with Gasteiger partial charge in [0.1, 0.15) is 24.5 Å². The summed E-state index contributed by atoms with van der Waals surface area (Å²) in [6.45, 7) is 3.11. The van der Waals surface area contributed by atoms with Gasteiger partial charge in [0, 0.05) is 6.92 Å². The molecule has 1 saturated heterocycles. The molecule has 3 aromatic rings. The quantitative estimate of drug-likeness (QED) is 0.247. The van der Waals surface area contributed by atoms with E-state index in [1.54, 1.807) is 0 Å². The largest absolute Gasteiger partial charge is 0.374 e. The number of amides is 1. The maximum absolute atomic E-state index is 11.9. The van der Waals surface area contributed by atoms with Crippen LogP contribution in [0.3, 0.4) is 0 Å². The lowest BCUT2D eigenvalue weighted by Gasteiger charge is -2.44. The zero-order valence-corrected chi connectivity index (χ0v) is 22.5. The zero-order valence-electron chi connectivity index (χ0n) is 20.3. The number of hydrogen-bond donors (Lipinski definition) is 1. The third kappa shape index (κ3) is 7.85. The molecule has 5 atom stereocenters. The fourth-order valence-electron chi connectivity index (χ4n) is 4.14. The van der Waals surface area contributed by atoms with Gasteiger partial charge >= 0.3 is 0 Å². The van der Waals surface area contributed by atoms with Gasteiger partial charge in [-0.2, -0.15) is 0 Å². The molecule has 1 N–H and O–H groups in total. The molecule has 36 heavy (non-hydrogen) atoms. The summed E-state index contributed by atoms with van der Waals surface area (Å²) in [6.07, 6.45) is -1.67. The van der Waals surface area contributed by atoms with E-state index in [0.717, 1.165) is 16.7 Å². The minimum absolute atomic E-state index is 0.156. The maximum Gasteiger partial charge on any atom is 0.218 e. The second kappa shape index (κ2) is 13.9. The van der Waals surface area contributed by atoms with E-state index in [2.05, 4.69) is 27.9 Å². The summed E-state index contributed by atoms with van der Waals surface area (Å²) < 4.78 is 25.2. The lowest BCUT2D eigenvalue weighted by Crippen LogP contribution is -2.62. The SMILES string of the molecule is CC(=O)N[C@@H]1O[C@H](COCc2ccccc2)[C@@H](OCc2ccccc2)[C@H](OCc2ccccc2)[C@H]1I. The van der Waals surface area contributed by atoms with Crippen molar-refractivity contribution in [3.8, 4) is 0 Å². The van der Waals surface area contributed by atoms with Crippen LogP contribution < -0.4 is 5.32 Å². The van der Waals surface area contributed by atoms with E-state index in [1.165, 1.54) is 6.92 Å². The highest BCUT2D eigenvalue weighted by Crippen LogP contribution is 2.32. The molecule has 190 valence electrons. The van der Waals surface area contributed by atoms with E-state index in [9.17, 15) is 4.79 Å². The van der Waals surface area contributed by atoms with Crippen molar-refractivity contribution in [3.63, 3.8) is 0 Å². The molecule has 1 aliphatic rings. The van der Waals surface area contributed by atoms with Crippen LogP contribution in [0.5, 0.6) is 0 Å². The third-order valence-electron chi connectivity index (χ3n) is 5.92. The average molecular weight is 601 g/mol. The normalized spacial score (nSPS) is 23.8. The zero-order chi connectivity index (χ0) is 25.2. The van der Waals surface area contributed by atoms with Gasteiger partial charge in [-0.1, -0.05) is 114 Å². The van der Waals surface area contributed by atoms with Gasteiger partial charge in [0.2, 0.25) is 5.91 Å². The number of rotatable bonds is 11. The number of nitrogens with one attached hydrogen (secondary N) is 1. The molecule has 6 nitrogen and oxygen atoms in total. The summed E-state index contributed by atoms with van der Waals surface area (Å²) >= 11 is 2.30. The number of halogens is 1. The van der Waals surface area contributed by atoms with Gasteiger partial charge in [-0.3, -0.25) is 4.79 Å². The van der Waals surface area contributed by atoms with Crippen LogP contribution in [0, 0.1) is 0 Å². The monoisotopic (exact) mass is 601 g/mol. The predicted molar refractivity (Wildman–Crippen MR) is 146 cm³/mol. The third-order valence-corrected chi connectivity index (χ3v) is 7.29. The Morgan fingerprint density at radius 3 is 1.75 bits per heavy atom. The smallest absolute Gasteiger partial charge is 0.218 e. The lowest BCUT2D eigenvalue weighted by atomic mass is 9.99. The molecule has 0 radical (unpaired) electrons. The number of carbonyl (C=O) groups excluding carboxylic acids is 1. The van der Waals surface area contributed by atoms with Crippen molar-refractivity contribution in [2.24, 2.45) is 0 Å². The van der Waals surface area contributed by atoms with Crippen molar-refractivity contribution < 1.29 is 23.7 Å². The predicted octanol–water partition coefficient (Wildman–Crippen LogP) is 5.04. The molecule has 0 aliphatic carbocycles. The van der Waals surface area contributed by atoms with Crippen LogP contribution in [0.1, 0.15) is 23.6 Å². The molecule has 3 aromatic carbocycles. The summed E-state index contributed by atoms with van der Waals surface area (Å²) in [4.78, 5) is 11.9. The molecule has 1 heterocycles. The van der Waals surface area contributed by atoms with Gasteiger partial charge in [-0.15, -0.1) is 0 Å². The van der Waals surface area contributed by atoms with Crippen LogP contribution in [0.4, 0.5) is 0 Å². The van der Waals surface area contributed by atoms with Gasteiger partial charge in [0.25, 0.3) is 0 Å². The second-order valence-electron chi connectivity index (χ2n) is 8.76. The molecule has 1 amide bonds. The Labute approximate surface area is 226 Å².